The number of likely N-dealkylation sites (N-methyl/N-ethyl adjacent to an activating group) is 1. The molecular weight excluding hydrogens is 488 g/mol. The third-order valence-electron chi connectivity index (χ3n) is 7.29. The summed E-state index contributed by atoms with van der Waals surface area (Å²) >= 11 is 0. The number of nitrogens with one attached hydrogen (secondary N) is 3. The zero-order chi connectivity index (χ0) is 26.8. The number of nitrogens with zero attached hydrogens (tertiary/aromatic N) is 3. The SMILES string of the molecule is CN1CCN(Cc2cccc(-c3cnc4[nH]cc(-c5cccc(NC(=O)c6ccc[nH]c6=O)c5)c4c3)c2)CC1. The van der Waals surface area contributed by atoms with Crippen LogP contribution in [0.1, 0.15) is 15.9 Å². The molecule has 8 heteroatoms. The molecule has 0 atom stereocenters. The Bertz CT molecular complexity index is 1700. The summed E-state index contributed by atoms with van der Waals surface area (Å²) in [4.78, 5) is 40.0. The van der Waals surface area contributed by atoms with Crippen LogP contribution in [0.4, 0.5) is 5.69 Å². The summed E-state index contributed by atoms with van der Waals surface area (Å²) in [6, 6.07) is 21.6. The van der Waals surface area contributed by atoms with Crippen LogP contribution in [0, 0.1) is 0 Å². The van der Waals surface area contributed by atoms with Gasteiger partial charge in [0.1, 0.15) is 11.2 Å². The molecule has 0 aliphatic carbocycles. The smallest absolute Gasteiger partial charge is 0.261 e. The zero-order valence-corrected chi connectivity index (χ0v) is 21.8. The van der Waals surface area contributed by atoms with Crippen LogP contribution >= 0.6 is 0 Å². The topological polar surface area (TPSA) is 97.1 Å². The van der Waals surface area contributed by atoms with Crippen molar-refractivity contribution < 1.29 is 4.79 Å². The van der Waals surface area contributed by atoms with E-state index in [4.69, 9.17) is 4.98 Å². The molecule has 3 N–H and O–H groups in total. The number of carbonyl (C=O) groups excluding carboxylic acids is 1. The predicted octanol–water partition coefficient (Wildman–Crippen LogP) is 4.58. The fraction of sp³-hybridized carbons (Fsp3) is 0.194. The Hall–Kier alpha value is -4.53. The number of amides is 1. The molecule has 39 heavy (non-hydrogen) atoms. The maximum absolute atomic E-state index is 12.7. The van der Waals surface area contributed by atoms with Gasteiger partial charge in [-0.05, 0) is 60.1 Å². The minimum Gasteiger partial charge on any atom is -0.346 e. The van der Waals surface area contributed by atoms with Crippen LogP contribution in [0.2, 0.25) is 0 Å². The number of H-pyrrole nitrogens is 2. The van der Waals surface area contributed by atoms with E-state index < -0.39 is 11.5 Å². The van der Waals surface area contributed by atoms with E-state index in [1.165, 1.54) is 17.8 Å². The number of benzene rings is 2. The minimum atomic E-state index is -0.451. The van der Waals surface area contributed by atoms with Crippen molar-refractivity contribution in [3.05, 3.63) is 107 Å². The van der Waals surface area contributed by atoms with Crippen molar-refractivity contribution in [1.82, 2.24) is 24.8 Å². The lowest BCUT2D eigenvalue weighted by Crippen LogP contribution is -2.43. The van der Waals surface area contributed by atoms with Gasteiger partial charge in [-0.15, -0.1) is 0 Å². The number of carbonyl (C=O) groups is 1. The fourth-order valence-corrected chi connectivity index (χ4v) is 5.08. The second-order valence-corrected chi connectivity index (χ2v) is 10.1. The molecule has 0 radical (unpaired) electrons. The third-order valence-corrected chi connectivity index (χ3v) is 7.29. The molecule has 2 aromatic carbocycles. The van der Waals surface area contributed by atoms with E-state index in [0.717, 1.165) is 66.0 Å². The van der Waals surface area contributed by atoms with Crippen LogP contribution in [0.5, 0.6) is 0 Å². The highest BCUT2D eigenvalue weighted by Crippen LogP contribution is 2.32. The van der Waals surface area contributed by atoms with Gasteiger partial charge in [-0.1, -0.05) is 30.3 Å². The van der Waals surface area contributed by atoms with Gasteiger partial charge in [0, 0.05) is 73.5 Å². The number of pyridine rings is 2. The van der Waals surface area contributed by atoms with Crippen molar-refractivity contribution >= 4 is 22.6 Å². The second kappa shape index (κ2) is 10.7. The van der Waals surface area contributed by atoms with Crippen LogP contribution in [0.15, 0.2) is 90.1 Å². The molecule has 1 aliphatic rings. The Balaban J connectivity index is 1.26. The number of aromatic amines is 2. The standard InChI is InChI=1S/C31H30N6O2/c1-36-11-13-37(14-12-36)20-21-5-2-6-22(15-21)24-17-27-28(19-34-29(27)33-18-24)23-7-3-8-25(16-23)35-31(39)26-9-4-10-32-30(26)38/h2-10,15-19H,11-14,20H2,1H3,(H,32,38)(H,33,34)(H,35,39). The van der Waals surface area contributed by atoms with Crippen LogP contribution in [0.25, 0.3) is 33.3 Å². The highest BCUT2D eigenvalue weighted by Gasteiger charge is 2.15. The summed E-state index contributed by atoms with van der Waals surface area (Å²) < 4.78 is 0. The van der Waals surface area contributed by atoms with Gasteiger partial charge in [0.25, 0.3) is 11.5 Å². The van der Waals surface area contributed by atoms with E-state index in [2.05, 4.69) is 62.5 Å². The lowest BCUT2D eigenvalue weighted by atomic mass is 10.0. The Labute approximate surface area is 226 Å². The van der Waals surface area contributed by atoms with E-state index in [1.54, 1.807) is 6.07 Å². The average Bonchev–Trinajstić information content (AvgIpc) is 3.38. The van der Waals surface area contributed by atoms with Gasteiger partial charge in [-0.2, -0.15) is 0 Å². The lowest BCUT2D eigenvalue weighted by Gasteiger charge is -2.32. The molecular formula is C31H30N6O2. The van der Waals surface area contributed by atoms with Crippen molar-refractivity contribution in [2.24, 2.45) is 0 Å². The third kappa shape index (κ3) is 5.38. The summed E-state index contributed by atoms with van der Waals surface area (Å²) in [5.41, 5.74) is 6.46. The number of anilines is 1. The number of piperazine rings is 1. The number of hydrogen-bond acceptors (Lipinski definition) is 5. The Morgan fingerprint density at radius 1 is 0.923 bits per heavy atom. The van der Waals surface area contributed by atoms with Gasteiger partial charge >= 0.3 is 0 Å². The Morgan fingerprint density at radius 3 is 2.59 bits per heavy atom. The van der Waals surface area contributed by atoms with Crippen LogP contribution in [-0.2, 0) is 6.54 Å². The first-order valence-electron chi connectivity index (χ1n) is 13.1. The van der Waals surface area contributed by atoms with Gasteiger partial charge in [-0.3, -0.25) is 14.5 Å². The van der Waals surface area contributed by atoms with Crippen molar-refractivity contribution in [3.63, 3.8) is 0 Å². The summed E-state index contributed by atoms with van der Waals surface area (Å²) in [6.07, 6.45) is 5.35. The molecule has 0 spiro atoms. The number of hydrogen-bond donors (Lipinski definition) is 3. The van der Waals surface area contributed by atoms with Crippen molar-refractivity contribution in [2.45, 2.75) is 6.54 Å². The number of rotatable bonds is 6. The molecule has 3 aromatic heterocycles. The summed E-state index contributed by atoms with van der Waals surface area (Å²) in [5, 5.41) is 3.84. The Morgan fingerprint density at radius 2 is 1.74 bits per heavy atom. The fourth-order valence-electron chi connectivity index (χ4n) is 5.08. The van der Waals surface area contributed by atoms with Gasteiger partial charge in [0.2, 0.25) is 0 Å². The predicted molar refractivity (Wildman–Crippen MR) is 155 cm³/mol. The molecule has 0 unspecified atom stereocenters. The lowest BCUT2D eigenvalue weighted by molar-refractivity contribution is 0.102. The van der Waals surface area contributed by atoms with E-state index in [1.807, 2.05) is 36.7 Å². The zero-order valence-electron chi connectivity index (χ0n) is 21.8. The average molecular weight is 519 g/mol. The molecule has 5 aromatic rings. The largest absolute Gasteiger partial charge is 0.346 e. The van der Waals surface area contributed by atoms with E-state index in [-0.39, 0.29) is 5.56 Å². The quantitative estimate of drug-likeness (QED) is 0.306. The normalized spacial score (nSPS) is 14.5. The van der Waals surface area contributed by atoms with E-state index in [9.17, 15) is 9.59 Å². The maximum Gasteiger partial charge on any atom is 0.261 e. The van der Waals surface area contributed by atoms with Crippen molar-refractivity contribution in [3.8, 4) is 22.3 Å². The van der Waals surface area contributed by atoms with Gasteiger partial charge in [0.05, 0.1) is 0 Å². The number of fused-ring (bicyclic) bond motifs is 1. The molecule has 1 aliphatic heterocycles. The monoisotopic (exact) mass is 518 g/mol. The highest BCUT2D eigenvalue weighted by atomic mass is 16.2. The summed E-state index contributed by atoms with van der Waals surface area (Å²) in [6.45, 7) is 5.32. The number of aromatic nitrogens is 3. The molecule has 0 bridgehead atoms. The van der Waals surface area contributed by atoms with Crippen molar-refractivity contribution in [2.75, 3.05) is 38.5 Å². The highest BCUT2D eigenvalue weighted by molar-refractivity contribution is 6.04. The van der Waals surface area contributed by atoms with Gasteiger partial charge in [-0.25, -0.2) is 4.98 Å². The van der Waals surface area contributed by atoms with Crippen LogP contribution in [-0.4, -0.2) is 63.9 Å². The molecule has 1 amide bonds. The Kier molecular flexibility index (Phi) is 6.79. The van der Waals surface area contributed by atoms with Gasteiger partial charge < -0.3 is 20.2 Å². The molecule has 0 saturated carbocycles. The van der Waals surface area contributed by atoms with Gasteiger partial charge in [0.15, 0.2) is 0 Å². The summed E-state index contributed by atoms with van der Waals surface area (Å²) in [5.74, 6) is -0.451. The van der Waals surface area contributed by atoms with Crippen molar-refractivity contribution in [1.29, 1.82) is 0 Å². The van der Waals surface area contributed by atoms with Crippen LogP contribution < -0.4 is 10.9 Å². The molecule has 4 heterocycles. The first kappa shape index (κ1) is 24.8. The molecule has 1 saturated heterocycles. The van der Waals surface area contributed by atoms with E-state index >= 15 is 0 Å². The second-order valence-electron chi connectivity index (χ2n) is 10.1. The first-order valence-corrected chi connectivity index (χ1v) is 13.1. The molecule has 196 valence electrons. The minimum absolute atomic E-state index is 0.0682. The van der Waals surface area contributed by atoms with E-state index in [0.29, 0.717) is 5.69 Å². The summed E-state index contributed by atoms with van der Waals surface area (Å²) in [7, 11) is 2.18. The molecule has 1 fully saturated rings. The van der Waals surface area contributed by atoms with Crippen LogP contribution in [0.3, 0.4) is 0 Å². The molecule has 8 nitrogen and oxygen atoms in total. The first-order chi connectivity index (χ1) is 19.0. The maximum atomic E-state index is 12.7. The molecule has 6 rings (SSSR count).